The van der Waals surface area contributed by atoms with Crippen LogP contribution in [-0.2, 0) is 4.74 Å². The Labute approximate surface area is 181 Å². The van der Waals surface area contributed by atoms with Crippen LogP contribution in [0.5, 0.6) is 0 Å². The minimum Gasteiger partial charge on any atom is -0.378 e. The van der Waals surface area contributed by atoms with Gasteiger partial charge in [0.1, 0.15) is 0 Å². The Bertz CT molecular complexity index is 998. The smallest absolute Gasteiger partial charge is 0.248 e. The molecule has 1 saturated heterocycles. The standard InChI is InChI=1S/C20H28N10O/c1-14-13-24-19(23-8-7-22-2)26-17(14)30-18(21)27-20(28-30)25-15-3-5-16(6-4-15)29-9-11-31-12-10-29/h3-6,13,22H,7-12H2,1-2H3,(H,23,24,26)(H3,21,25,27,28). The number of rotatable bonds is 8. The van der Waals surface area contributed by atoms with Crippen molar-refractivity contribution < 1.29 is 4.74 Å². The molecule has 11 nitrogen and oxygen atoms in total. The number of nitrogens with zero attached hydrogens (tertiary/aromatic N) is 6. The monoisotopic (exact) mass is 424 g/mol. The largest absolute Gasteiger partial charge is 0.378 e. The van der Waals surface area contributed by atoms with Crippen LogP contribution in [0, 0.1) is 6.92 Å². The van der Waals surface area contributed by atoms with Crippen LogP contribution in [0.3, 0.4) is 0 Å². The van der Waals surface area contributed by atoms with E-state index in [1.54, 1.807) is 6.20 Å². The molecule has 0 unspecified atom stereocenters. The third-order valence-electron chi connectivity index (χ3n) is 4.94. The average molecular weight is 425 g/mol. The van der Waals surface area contributed by atoms with Gasteiger partial charge in [-0.15, -0.1) is 5.10 Å². The van der Waals surface area contributed by atoms with Gasteiger partial charge in [0.2, 0.25) is 17.8 Å². The molecule has 0 amide bonds. The van der Waals surface area contributed by atoms with Crippen molar-refractivity contribution in [1.82, 2.24) is 30.0 Å². The summed E-state index contributed by atoms with van der Waals surface area (Å²) in [7, 11) is 1.89. The van der Waals surface area contributed by atoms with E-state index in [4.69, 9.17) is 10.5 Å². The molecule has 164 valence electrons. The molecule has 31 heavy (non-hydrogen) atoms. The lowest BCUT2D eigenvalue weighted by Gasteiger charge is -2.28. The Morgan fingerprint density at radius 1 is 1.06 bits per heavy atom. The van der Waals surface area contributed by atoms with E-state index in [0.717, 1.165) is 44.1 Å². The fourth-order valence-electron chi connectivity index (χ4n) is 3.27. The summed E-state index contributed by atoms with van der Waals surface area (Å²) in [6.07, 6.45) is 1.74. The summed E-state index contributed by atoms with van der Waals surface area (Å²) >= 11 is 0. The Morgan fingerprint density at radius 2 is 1.84 bits per heavy atom. The average Bonchev–Trinajstić information content (AvgIpc) is 3.16. The summed E-state index contributed by atoms with van der Waals surface area (Å²) in [5.74, 6) is 1.75. The lowest BCUT2D eigenvalue weighted by atomic mass is 10.2. The van der Waals surface area contributed by atoms with Crippen molar-refractivity contribution in [2.45, 2.75) is 6.92 Å². The number of morpholine rings is 1. The highest BCUT2D eigenvalue weighted by atomic mass is 16.5. The van der Waals surface area contributed by atoms with E-state index in [-0.39, 0.29) is 5.95 Å². The zero-order valence-corrected chi connectivity index (χ0v) is 17.8. The maximum absolute atomic E-state index is 6.13. The van der Waals surface area contributed by atoms with Gasteiger partial charge in [0.25, 0.3) is 0 Å². The molecule has 0 aliphatic carbocycles. The molecule has 1 fully saturated rings. The van der Waals surface area contributed by atoms with E-state index in [9.17, 15) is 0 Å². The second kappa shape index (κ2) is 9.58. The molecule has 0 bridgehead atoms. The fraction of sp³-hybridized carbons (Fsp3) is 0.400. The Hall–Kier alpha value is -3.44. The summed E-state index contributed by atoms with van der Waals surface area (Å²) in [5, 5.41) is 13.9. The maximum atomic E-state index is 6.13. The topological polar surface area (TPSA) is 131 Å². The first-order valence-corrected chi connectivity index (χ1v) is 10.3. The van der Waals surface area contributed by atoms with Crippen LogP contribution in [0.2, 0.25) is 0 Å². The Morgan fingerprint density at radius 3 is 2.58 bits per heavy atom. The number of likely N-dealkylation sites (N-methyl/N-ethyl adjacent to an activating group) is 1. The fourth-order valence-corrected chi connectivity index (χ4v) is 3.27. The Balaban J connectivity index is 1.48. The number of ether oxygens (including phenoxy) is 1. The van der Waals surface area contributed by atoms with E-state index >= 15 is 0 Å². The van der Waals surface area contributed by atoms with E-state index in [2.05, 4.69) is 53.0 Å². The lowest BCUT2D eigenvalue weighted by Crippen LogP contribution is -2.36. The SMILES string of the molecule is CNCCNc1ncc(C)c(-n2nc(Nc3ccc(N4CCOCC4)cc3)nc2N)n1. The van der Waals surface area contributed by atoms with E-state index in [0.29, 0.717) is 24.3 Å². The van der Waals surface area contributed by atoms with Crippen LogP contribution < -0.4 is 26.6 Å². The van der Waals surface area contributed by atoms with Crippen molar-refractivity contribution in [2.75, 3.05) is 67.7 Å². The molecular formula is C20H28N10O. The van der Waals surface area contributed by atoms with Crippen LogP contribution in [-0.4, -0.2) is 71.2 Å². The third kappa shape index (κ3) is 5.01. The van der Waals surface area contributed by atoms with Gasteiger partial charge in [-0.25, -0.2) is 4.98 Å². The highest BCUT2D eigenvalue weighted by Gasteiger charge is 2.15. The number of aryl methyl sites for hydroxylation is 1. The molecule has 1 aromatic carbocycles. The van der Waals surface area contributed by atoms with Crippen molar-refractivity contribution in [2.24, 2.45) is 0 Å². The number of nitrogens with two attached hydrogens (primary N) is 1. The van der Waals surface area contributed by atoms with Gasteiger partial charge < -0.3 is 31.3 Å². The van der Waals surface area contributed by atoms with Crippen molar-refractivity contribution in [3.8, 4) is 5.82 Å². The number of aromatic nitrogens is 5. The van der Waals surface area contributed by atoms with Gasteiger partial charge in [0, 0.05) is 49.3 Å². The van der Waals surface area contributed by atoms with Gasteiger partial charge in [-0.05, 0) is 38.2 Å². The van der Waals surface area contributed by atoms with Gasteiger partial charge >= 0.3 is 0 Å². The van der Waals surface area contributed by atoms with E-state index in [1.165, 1.54) is 10.4 Å². The predicted molar refractivity (Wildman–Crippen MR) is 121 cm³/mol. The molecule has 11 heteroatoms. The Kier molecular flexibility index (Phi) is 6.43. The molecule has 2 aromatic heterocycles. The van der Waals surface area contributed by atoms with Gasteiger partial charge in [-0.3, -0.25) is 0 Å². The predicted octanol–water partition coefficient (Wildman–Crippen LogP) is 1.16. The van der Waals surface area contributed by atoms with Gasteiger partial charge in [-0.2, -0.15) is 14.6 Å². The first-order chi connectivity index (χ1) is 15.1. The summed E-state index contributed by atoms with van der Waals surface area (Å²) in [4.78, 5) is 15.5. The first-order valence-electron chi connectivity index (χ1n) is 10.3. The van der Waals surface area contributed by atoms with Crippen molar-refractivity contribution in [3.05, 3.63) is 36.0 Å². The normalized spacial score (nSPS) is 13.9. The molecule has 3 heterocycles. The van der Waals surface area contributed by atoms with Crippen LogP contribution in [0.25, 0.3) is 5.82 Å². The highest BCUT2D eigenvalue weighted by molar-refractivity contribution is 5.60. The van der Waals surface area contributed by atoms with Crippen LogP contribution >= 0.6 is 0 Å². The molecule has 4 rings (SSSR count). The number of hydrogen-bond donors (Lipinski definition) is 4. The van der Waals surface area contributed by atoms with Gasteiger partial charge in [0.05, 0.1) is 13.2 Å². The minimum atomic E-state index is 0.246. The second-order valence-electron chi connectivity index (χ2n) is 7.21. The molecule has 5 N–H and O–H groups in total. The number of hydrogen-bond acceptors (Lipinski definition) is 10. The molecular weight excluding hydrogens is 396 g/mol. The molecule has 0 atom stereocenters. The van der Waals surface area contributed by atoms with Crippen LogP contribution in [0.15, 0.2) is 30.5 Å². The summed E-state index contributed by atoms with van der Waals surface area (Å²) in [6, 6.07) is 8.15. The summed E-state index contributed by atoms with van der Waals surface area (Å²) in [5.41, 5.74) is 9.02. The highest BCUT2D eigenvalue weighted by Crippen LogP contribution is 2.22. The zero-order chi connectivity index (χ0) is 21.6. The molecule has 0 radical (unpaired) electrons. The number of nitrogens with one attached hydrogen (secondary N) is 3. The van der Waals surface area contributed by atoms with Crippen LogP contribution in [0.1, 0.15) is 5.56 Å². The molecule has 1 aliphatic heterocycles. The molecule has 0 saturated carbocycles. The van der Waals surface area contributed by atoms with Crippen molar-refractivity contribution in [3.63, 3.8) is 0 Å². The number of nitrogen functional groups attached to an aromatic ring is 1. The lowest BCUT2D eigenvalue weighted by molar-refractivity contribution is 0.122. The third-order valence-corrected chi connectivity index (χ3v) is 4.94. The molecule has 0 spiro atoms. The number of benzene rings is 1. The summed E-state index contributed by atoms with van der Waals surface area (Å²) < 4.78 is 6.93. The minimum absolute atomic E-state index is 0.246. The van der Waals surface area contributed by atoms with Crippen molar-refractivity contribution in [1.29, 1.82) is 0 Å². The van der Waals surface area contributed by atoms with Gasteiger partial charge in [-0.1, -0.05) is 0 Å². The first kappa shape index (κ1) is 20.8. The quantitative estimate of drug-likeness (QED) is 0.391. The second-order valence-corrected chi connectivity index (χ2v) is 7.21. The van der Waals surface area contributed by atoms with Gasteiger partial charge in [0.15, 0.2) is 5.82 Å². The zero-order valence-electron chi connectivity index (χ0n) is 17.8. The van der Waals surface area contributed by atoms with Crippen molar-refractivity contribution >= 4 is 29.2 Å². The molecule has 3 aromatic rings. The van der Waals surface area contributed by atoms with E-state index in [1.807, 2.05) is 26.1 Å². The van der Waals surface area contributed by atoms with E-state index < -0.39 is 0 Å². The number of anilines is 5. The van der Waals surface area contributed by atoms with Crippen LogP contribution in [0.4, 0.5) is 29.2 Å². The maximum Gasteiger partial charge on any atom is 0.248 e. The summed E-state index contributed by atoms with van der Waals surface area (Å²) in [6.45, 7) is 6.74. The molecule has 1 aliphatic rings.